The van der Waals surface area contributed by atoms with Crippen LogP contribution in [0.2, 0.25) is 0 Å². The molecule has 96 valence electrons. The molecule has 0 saturated heterocycles. The quantitative estimate of drug-likeness (QED) is 0.848. The van der Waals surface area contributed by atoms with Gasteiger partial charge in [0.2, 0.25) is 5.91 Å². The first-order chi connectivity index (χ1) is 8.06. The number of amides is 1. The molecule has 0 spiro atoms. The van der Waals surface area contributed by atoms with Crippen LogP contribution >= 0.6 is 11.3 Å². The molecular formula is C13H22N2OS. The van der Waals surface area contributed by atoms with Crippen molar-refractivity contribution in [3.63, 3.8) is 0 Å². The van der Waals surface area contributed by atoms with Crippen molar-refractivity contribution in [1.29, 1.82) is 0 Å². The number of carbonyl (C=O) groups is 1. The van der Waals surface area contributed by atoms with E-state index < -0.39 is 0 Å². The first-order valence-electron chi connectivity index (χ1n) is 6.10. The van der Waals surface area contributed by atoms with Gasteiger partial charge in [0.05, 0.1) is 6.04 Å². The Morgan fingerprint density at radius 2 is 2.29 bits per heavy atom. The Hall–Kier alpha value is -0.870. The highest BCUT2D eigenvalue weighted by Crippen LogP contribution is 2.24. The zero-order valence-corrected chi connectivity index (χ0v) is 11.7. The highest BCUT2D eigenvalue weighted by molar-refractivity contribution is 7.10. The molecule has 0 aliphatic carbocycles. The fourth-order valence-corrected chi connectivity index (χ4v) is 2.60. The minimum absolute atomic E-state index is 0.00881. The van der Waals surface area contributed by atoms with Crippen LogP contribution in [0.4, 0.5) is 0 Å². The topological polar surface area (TPSA) is 46.3 Å². The fraction of sp³-hybridized carbons (Fsp3) is 0.615. The van der Waals surface area contributed by atoms with Crippen LogP contribution in [0.3, 0.4) is 0 Å². The summed E-state index contributed by atoms with van der Waals surface area (Å²) >= 11 is 1.68. The van der Waals surface area contributed by atoms with E-state index >= 15 is 0 Å². The molecule has 2 unspecified atom stereocenters. The second-order valence-corrected chi connectivity index (χ2v) is 5.43. The van der Waals surface area contributed by atoms with Crippen molar-refractivity contribution >= 4 is 17.2 Å². The SMILES string of the molecule is CCCC(N)CC(=O)N(C)C(C)c1cccs1. The zero-order valence-electron chi connectivity index (χ0n) is 10.8. The number of thiophene rings is 1. The van der Waals surface area contributed by atoms with E-state index in [1.807, 2.05) is 18.5 Å². The lowest BCUT2D eigenvalue weighted by Crippen LogP contribution is -2.34. The molecule has 17 heavy (non-hydrogen) atoms. The number of hydrogen-bond donors (Lipinski definition) is 1. The second-order valence-electron chi connectivity index (χ2n) is 4.45. The summed E-state index contributed by atoms with van der Waals surface area (Å²) in [6, 6.07) is 4.20. The van der Waals surface area contributed by atoms with Crippen molar-refractivity contribution in [2.75, 3.05) is 7.05 Å². The van der Waals surface area contributed by atoms with Crippen LogP contribution in [-0.4, -0.2) is 23.9 Å². The van der Waals surface area contributed by atoms with Crippen LogP contribution in [-0.2, 0) is 4.79 Å². The smallest absolute Gasteiger partial charge is 0.224 e. The number of hydrogen-bond acceptors (Lipinski definition) is 3. The van der Waals surface area contributed by atoms with Crippen molar-refractivity contribution in [1.82, 2.24) is 4.90 Å². The predicted octanol–water partition coefficient (Wildman–Crippen LogP) is 2.79. The molecule has 0 bridgehead atoms. The Bertz CT molecular complexity index is 337. The van der Waals surface area contributed by atoms with Crippen LogP contribution in [0.25, 0.3) is 0 Å². The van der Waals surface area contributed by atoms with E-state index in [9.17, 15) is 4.79 Å². The molecule has 4 heteroatoms. The van der Waals surface area contributed by atoms with Gasteiger partial charge in [-0.05, 0) is 24.8 Å². The van der Waals surface area contributed by atoms with Crippen molar-refractivity contribution in [3.8, 4) is 0 Å². The minimum atomic E-state index is -0.00881. The average molecular weight is 254 g/mol. The first kappa shape index (κ1) is 14.2. The highest BCUT2D eigenvalue weighted by Gasteiger charge is 2.19. The molecule has 2 N–H and O–H groups in total. The number of nitrogens with zero attached hydrogens (tertiary/aromatic N) is 1. The first-order valence-corrected chi connectivity index (χ1v) is 6.98. The average Bonchev–Trinajstić information content (AvgIpc) is 2.80. The van der Waals surface area contributed by atoms with Gasteiger partial charge in [-0.2, -0.15) is 0 Å². The summed E-state index contributed by atoms with van der Waals surface area (Å²) in [5, 5.41) is 2.03. The number of carbonyl (C=O) groups excluding carboxylic acids is 1. The van der Waals surface area contributed by atoms with E-state index in [-0.39, 0.29) is 18.0 Å². The highest BCUT2D eigenvalue weighted by atomic mass is 32.1. The molecule has 0 aromatic carbocycles. The minimum Gasteiger partial charge on any atom is -0.338 e. The molecule has 0 fully saturated rings. The molecule has 0 saturated carbocycles. The van der Waals surface area contributed by atoms with Crippen LogP contribution in [0.1, 0.15) is 44.0 Å². The van der Waals surface area contributed by atoms with Gasteiger partial charge in [0.25, 0.3) is 0 Å². The fourth-order valence-electron chi connectivity index (χ4n) is 1.78. The lowest BCUT2D eigenvalue weighted by Gasteiger charge is -2.25. The van der Waals surface area contributed by atoms with E-state index in [0.717, 1.165) is 12.8 Å². The molecule has 1 rings (SSSR count). The van der Waals surface area contributed by atoms with Gasteiger partial charge in [0.15, 0.2) is 0 Å². The zero-order chi connectivity index (χ0) is 12.8. The van der Waals surface area contributed by atoms with E-state index in [4.69, 9.17) is 5.73 Å². The molecule has 0 aliphatic rings. The van der Waals surface area contributed by atoms with Gasteiger partial charge in [0, 0.05) is 24.4 Å². The third-order valence-electron chi connectivity index (χ3n) is 3.03. The van der Waals surface area contributed by atoms with Crippen LogP contribution in [0.15, 0.2) is 17.5 Å². The second kappa shape index (κ2) is 6.77. The van der Waals surface area contributed by atoms with E-state index in [1.165, 1.54) is 4.88 Å². The molecule has 2 atom stereocenters. The lowest BCUT2D eigenvalue weighted by atomic mass is 10.1. The van der Waals surface area contributed by atoms with Crippen LogP contribution in [0.5, 0.6) is 0 Å². The maximum absolute atomic E-state index is 12.0. The standard InChI is InChI=1S/C13H22N2OS/c1-4-6-11(14)9-13(16)15(3)10(2)12-7-5-8-17-12/h5,7-8,10-11H,4,6,9,14H2,1-3H3. The van der Waals surface area contributed by atoms with Gasteiger partial charge in [-0.25, -0.2) is 0 Å². The van der Waals surface area contributed by atoms with Crippen molar-refractivity contribution in [3.05, 3.63) is 22.4 Å². The summed E-state index contributed by atoms with van der Waals surface area (Å²) in [5.41, 5.74) is 5.90. The maximum atomic E-state index is 12.0. The summed E-state index contributed by atoms with van der Waals surface area (Å²) in [5.74, 6) is 0.131. The summed E-state index contributed by atoms with van der Waals surface area (Å²) in [6.07, 6.45) is 2.38. The number of rotatable bonds is 6. The van der Waals surface area contributed by atoms with E-state index in [0.29, 0.717) is 6.42 Å². The van der Waals surface area contributed by atoms with Crippen molar-refractivity contribution < 1.29 is 4.79 Å². The summed E-state index contributed by atoms with van der Waals surface area (Å²) in [7, 11) is 1.85. The van der Waals surface area contributed by atoms with Crippen molar-refractivity contribution in [2.45, 2.75) is 45.2 Å². The summed E-state index contributed by atoms with van der Waals surface area (Å²) in [6.45, 7) is 4.14. The predicted molar refractivity (Wildman–Crippen MR) is 73.0 cm³/mol. The molecule has 1 heterocycles. The van der Waals surface area contributed by atoms with Gasteiger partial charge in [-0.15, -0.1) is 11.3 Å². The van der Waals surface area contributed by atoms with Gasteiger partial charge in [-0.3, -0.25) is 4.79 Å². The molecule has 1 aromatic rings. The monoisotopic (exact) mass is 254 g/mol. The van der Waals surface area contributed by atoms with Crippen molar-refractivity contribution in [2.24, 2.45) is 5.73 Å². The largest absolute Gasteiger partial charge is 0.338 e. The van der Waals surface area contributed by atoms with Gasteiger partial charge in [-0.1, -0.05) is 19.4 Å². The Labute approximate surface area is 108 Å². The molecule has 1 amide bonds. The Morgan fingerprint density at radius 1 is 1.59 bits per heavy atom. The summed E-state index contributed by atoms with van der Waals surface area (Å²) in [4.78, 5) is 15.0. The molecular weight excluding hydrogens is 232 g/mol. The Kier molecular flexibility index (Phi) is 5.65. The maximum Gasteiger partial charge on any atom is 0.224 e. The molecule has 0 aliphatic heterocycles. The third kappa shape index (κ3) is 4.13. The normalized spacial score (nSPS) is 14.4. The third-order valence-corrected chi connectivity index (χ3v) is 4.07. The van der Waals surface area contributed by atoms with Gasteiger partial charge >= 0.3 is 0 Å². The van der Waals surface area contributed by atoms with E-state index in [2.05, 4.69) is 19.9 Å². The molecule has 0 radical (unpaired) electrons. The van der Waals surface area contributed by atoms with Gasteiger partial charge in [0.1, 0.15) is 0 Å². The van der Waals surface area contributed by atoms with E-state index in [1.54, 1.807) is 16.2 Å². The Morgan fingerprint density at radius 3 is 2.82 bits per heavy atom. The van der Waals surface area contributed by atoms with Gasteiger partial charge < -0.3 is 10.6 Å². The van der Waals surface area contributed by atoms with Crippen LogP contribution < -0.4 is 5.73 Å². The Balaban J connectivity index is 2.51. The lowest BCUT2D eigenvalue weighted by molar-refractivity contribution is -0.132. The van der Waals surface area contributed by atoms with Crippen LogP contribution in [0, 0.1) is 0 Å². The molecule has 1 aromatic heterocycles. The number of nitrogens with two attached hydrogens (primary N) is 1. The molecule has 3 nitrogen and oxygen atoms in total. The summed E-state index contributed by atoms with van der Waals surface area (Å²) < 4.78 is 0.